The Bertz CT molecular complexity index is 1260. The molecular weight excluding hydrogens is 436 g/mol. The van der Waals surface area contributed by atoms with E-state index in [2.05, 4.69) is 26.0 Å². The fourth-order valence-corrected chi connectivity index (χ4v) is 3.47. The van der Waals surface area contributed by atoms with Crippen LogP contribution in [0.1, 0.15) is 11.1 Å². The molecule has 0 spiro atoms. The molecule has 8 heteroatoms. The van der Waals surface area contributed by atoms with Crippen LogP contribution in [0.2, 0.25) is 0 Å². The highest BCUT2D eigenvalue weighted by Crippen LogP contribution is 2.17. The average Bonchev–Trinajstić information content (AvgIpc) is 2.75. The predicted molar refractivity (Wildman–Crippen MR) is 113 cm³/mol. The monoisotopic (exact) mass is 452 g/mol. The van der Waals surface area contributed by atoms with Gasteiger partial charge in [-0.15, -0.1) is 0 Å². The van der Waals surface area contributed by atoms with Crippen LogP contribution in [-0.2, 0) is 24.6 Å². The number of fused-ring (bicyclic) bond motifs is 1. The smallest absolute Gasteiger partial charge is 0.349 e. The largest absolute Gasteiger partial charge is 0.356 e. The zero-order valence-electron chi connectivity index (χ0n) is 15.4. The summed E-state index contributed by atoms with van der Waals surface area (Å²) in [6, 6.07) is 17.2. The first-order valence-corrected chi connectivity index (χ1v) is 9.73. The van der Waals surface area contributed by atoms with Gasteiger partial charge in [-0.3, -0.25) is 9.78 Å². The topological polar surface area (TPSA) is 79.0 Å². The van der Waals surface area contributed by atoms with E-state index in [0.717, 1.165) is 26.5 Å². The maximum Gasteiger partial charge on any atom is 0.349 e. The maximum absolute atomic E-state index is 12.9. The second-order valence-electron chi connectivity index (χ2n) is 6.44. The lowest BCUT2D eigenvalue weighted by molar-refractivity contribution is 0.0569. The van der Waals surface area contributed by atoms with Gasteiger partial charge in [-0.25, -0.2) is 14.0 Å². The minimum absolute atomic E-state index is 0.0577. The van der Waals surface area contributed by atoms with E-state index in [1.807, 2.05) is 54.6 Å². The number of pyridine rings is 1. The summed E-state index contributed by atoms with van der Waals surface area (Å²) < 4.78 is 7.94. The van der Waals surface area contributed by atoms with E-state index in [0.29, 0.717) is 6.61 Å². The summed E-state index contributed by atoms with van der Waals surface area (Å²) in [5.41, 5.74) is 0.805. The zero-order chi connectivity index (χ0) is 20.2. The molecular formula is C21H17BrN4O3. The number of hydrogen-bond acceptors (Lipinski definition) is 5. The molecule has 0 amide bonds. The third-order valence-corrected chi connectivity index (χ3v) is 5.00. The van der Waals surface area contributed by atoms with Gasteiger partial charge in [0.2, 0.25) is 0 Å². The minimum Gasteiger partial charge on any atom is -0.356 e. The molecule has 0 aliphatic carbocycles. The van der Waals surface area contributed by atoms with E-state index in [1.54, 1.807) is 12.4 Å². The highest BCUT2D eigenvalue weighted by molar-refractivity contribution is 9.10. The molecule has 0 N–H and O–H groups in total. The summed E-state index contributed by atoms with van der Waals surface area (Å²) in [6.07, 6.45) is 3.47. The molecule has 0 fully saturated rings. The Hall–Kier alpha value is -3.10. The lowest BCUT2D eigenvalue weighted by Gasteiger charge is -2.12. The highest BCUT2D eigenvalue weighted by atomic mass is 79.9. The van der Waals surface area contributed by atoms with Crippen molar-refractivity contribution in [1.82, 2.24) is 19.3 Å². The van der Waals surface area contributed by atoms with Gasteiger partial charge in [0.15, 0.2) is 4.60 Å². The van der Waals surface area contributed by atoms with E-state index >= 15 is 0 Å². The van der Waals surface area contributed by atoms with Crippen molar-refractivity contribution in [3.8, 4) is 0 Å². The number of rotatable bonds is 6. The Kier molecular flexibility index (Phi) is 5.64. The third-order valence-electron chi connectivity index (χ3n) is 4.50. The standard InChI is InChI=1S/C21H17BrN4O3/c22-19-20(27)25(14-29-13-15-5-2-1-3-6-15)21(28)26(24-19)12-17-8-4-7-16-11-23-10-9-18(16)17/h1-11H,12-14H2. The summed E-state index contributed by atoms with van der Waals surface area (Å²) in [4.78, 5) is 29.4. The van der Waals surface area contributed by atoms with Crippen LogP contribution in [0.25, 0.3) is 10.8 Å². The summed E-state index contributed by atoms with van der Waals surface area (Å²) >= 11 is 3.16. The lowest BCUT2D eigenvalue weighted by Crippen LogP contribution is -2.42. The quantitative estimate of drug-likeness (QED) is 0.449. The van der Waals surface area contributed by atoms with Gasteiger partial charge in [-0.05, 0) is 38.5 Å². The van der Waals surface area contributed by atoms with Crippen molar-refractivity contribution in [3.63, 3.8) is 0 Å². The summed E-state index contributed by atoms with van der Waals surface area (Å²) in [5, 5.41) is 6.06. The van der Waals surface area contributed by atoms with Gasteiger partial charge in [-0.1, -0.05) is 48.5 Å². The van der Waals surface area contributed by atoms with Crippen molar-refractivity contribution in [1.29, 1.82) is 0 Å². The Morgan fingerprint density at radius 2 is 1.83 bits per heavy atom. The van der Waals surface area contributed by atoms with E-state index in [9.17, 15) is 9.59 Å². The van der Waals surface area contributed by atoms with Crippen molar-refractivity contribution in [2.24, 2.45) is 0 Å². The Morgan fingerprint density at radius 1 is 1.00 bits per heavy atom. The Labute approximate surface area is 174 Å². The fraction of sp³-hybridized carbons (Fsp3) is 0.143. The SMILES string of the molecule is O=c1c(Br)nn(Cc2cccc3cnccc23)c(=O)n1COCc1ccccc1. The maximum atomic E-state index is 12.9. The predicted octanol–water partition coefficient (Wildman–Crippen LogP) is 2.94. The van der Waals surface area contributed by atoms with Crippen LogP contribution in [0.15, 0.2) is 81.2 Å². The second-order valence-corrected chi connectivity index (χ2v) is 7.19. The molecule has 0 aliphatic heterocycles. The molecule has 7 nitrogen and oxygen atoms in total. The second kappa shape index (κ2) is 8.50. The van der Waals surface area contributed by atoms with Gasteiger partial charge in [0.05, 0.1) is 13.2 Å². The van der Waals surface area contributed by atoms with Gasteiger partial charge in [0, 0.05) is 17.8 Å². The number of nitrogens with zero attached hydrogens (tertiary/aromatic N) is 4. The molecule has 4 rings (SSSR count). The lowest BCUT2D eigenvalue weighted by atomic mass is 10.1. The summed E-state index contributed by atoms with van der Waals surface area (Å²) in [5.74, 6) is 0. The molecule has 0 radical (unpaired) electrons. The number of halogens is 1. The average molecular weight is 453 g/mol. The van der Waals surface area contributed by atoms with Crippen molar-refractivity contribution in [2.45, 2.75) is 19.9 Å². The van der Waals surface area contributed by atoms with Gasteiger partial charge in [-0.2, -0.15) is 5.10 Å². The van der Waals surface area contributed by atoms with Crippen LogP contribution < -0.4 is 11.2 Å². The van der Waals surface area contributed by atoms with Gasteiger partial charge in [0.1, 0.15) is 6.73 Å². The molecule has 4 aromatic rings. The highest BCUT2D eigenvalue weighted by Gasteiger charge is 2.13. The molecule has 0 aliphatic rings. The normalized spacial score (nSPS) is 11.1. The number of aromatic nitrogens is 4. The molecule has 2 heterocycles. The Balaban J connectivity index is 1.63. The van der Waals surface area contributed by atoms with E-state index in [-0.39, 0.29) is 17.9 Å². The molecule has 0 atom stereocenters. The zero-order valence-corrected chi connectivity index (χ0v) is 16.9. The molecule has 29 heavy (non-hydrogen) atoms. The molecule has 2 aromatic heterocycles. The van der Waals surface area contributed by atoms with Crippen LogP contribution in [-0.4, -0.2) is 19.3 Å². The molecule has 0 bridgehead atoms. The molecule has 0 saturated heterocycles. The van der Waals surface area contributed by atoms with Gasteiger partial charge in [0.25, 0.3) is 5.56 Å². The van der Waals surface area contributed by atoms with Crippen molar-refractivity contribution in [2.75, 3.05) is 0 Å². The fourth-order valence-electron chi connectivity index (χ4n) is 3.06. The molecule has 2 aromatic carbocycles. The summed E-state index contributed by atoms with van der Waals surface area (Å²) in [6.45, 7) is 0.355. The molecule has 146 valence electrons. The molecule has 0 saturated carbocycles. The first-order valence-electron chi connectivity index (χ1n) is 8.94. The minimum atomic E-state index is -0.530. The first-order chi connectivity index (χ1) is 14.1. The van der Waals surface area contributed by atoms with Gasteiger partial charge >= 0.3 is 5.69 Å². The van der Waals surface area contributed by atoms with Crippen molar-refractivity contribution in [3.05, 3.63) is 104 Å². The Morgan fingerprint density at radius 3 is 2.66 bits per heavy atom. The first kappa shape index (κ1) is 19.2. The van der Waals surface area contributed by atoms with E-state index in [1.165, 1.54) is 4.68 Å². The van der Waals surface area contributed by atoms with Crippen molar-refractivity contribution < 1.29 is 4.74 Å². The van der Waals surface area contributed by atoms with Gasteiger partial charge < -0.3 is 4.74 Å². The molecule has 0 unspecified atom stereocenters. The number of hydrogen-bond donors (Lipinski definition) is 0. The van der Waals surface area contributed by atoms with Crippen LogP contribution in [0.5, 0.6) is 0 Å². The number of benzene rings is 2. The van der Waals surface area contributed by atoms with Crippen LogP contribution in [0, 0.1) is 0 Å². The number of ether oxygens (including phenoxy) is 1. The van der Waals surface area contributed by atoms with Crippen molar-refractivity contribution >= 4 is 26.7 Å². The van der Waals surface area contributed by atoms with E-state index < -0.39 is 11.2 Å². The third kappa shape index (κ3) is 4.18. The summed E-state index contributed by atoms with van der Waals surface area (Å²) in [7, 11) is 0. The van der Waals surface area contributed by atoms with E-state index in [4.69, 9.17) is 4.74 Å². The van der Waals surface area contributed by atoms with Crippen LogP contribution in [0.3, 0.4) is 0 Å². The van der Waals surface area contributed by atoms with Crippen LogP contribution >= 0.6 is 15.9 Å². The van der Waals surface area contributed by atoms with Crippen LogP contribution in [0.4, 0.5) is 0 Å².